The number of nitrogens with one attached hydrogen (secondary N) is 1. The van der Waals surface area contributed by atoms with E-state index in [2.05, 4.69) is 21.6 Å². The molecule has 4 aromatic heterocycles. The predicted octanol–water partition coefficient (Wildman–Crippen LogP) is 4.97. The number of aromatic nitrogens is 6. The fourth-order valence-corrected chi connectivity index (χ4v) is 5.56. The summed E-state index contributed by atoms with van der Waals surface area (Å²) in [6.07, 6.45) is 10.7. The number of nitrogens with zero attached hydrogens (tertiary/aromatic N) is 7. The normalized spacial score (nSPS) is 15.2. The van der Waals surface area contributed by atoms with Gasteiger partial charge in [-0.05, 0) is 85.2 Å². The minimum absolute atomic E-state index is 0. The second-order valence-electron chi connectivity index (χ2n) is 11.2. The minimum atomic E-state index is -0.445. The first kappa shape index (κ1) is 25.4. The zero-order valence-corrected chi connectivity index (χ0v) is 22.7. The van der Waals surface area contributed by atoms with Crippen LogP contribution in [0.1, 0.15) is 56.3 Å². The van der Waals surface area contributed by atoms with Crippen molar-refractivity contribution >= 4 is 5.52 Å². The number of pyridine rings is 2. The van der Waals surface area contributed by atoms with Gasteiger partial charge in [-0.2, -0.15) is 5.26 Å². The van der Waals surface area contributed by atoms with Crippen LogP contribution >= 0.6 is 0 Å². The van der Waals surface area contributed by atoms with Crippen molar-refractivity contribution in [3.8, 4) is 34.4 Å². The fourth-order valence-electron chi connectivity index (χ4n) is 5.56. The van der Waals surface area contributed by atoms with E-state index in [-0.39, 0.29) is 12.6 Å². The molecule has 2 fully saturated rings. The number of benzene rings is 1. The predicted molar refractivity (Wildman–Crippen MR) is 154 cm³/mol. The van der Waals surface area contributed by atoms with Crippen molar-refractivity contribution in [3.63, 3.8) is 0 Å². The molecule has 0 saturated heterocycles. The van der Waals surface area contributed by atoms with Crippen molar-refractivity contribution in [2.24, 2.45) is 13.0 Å². The third kappa shape index (κ3) is 4.72. The van der Waals surface area contributed by atoms with Gasteiger partial charge in [0.1, 0.15) is 23.5 Å². The molecule has 2 aliphatic carbocycles. The second kappa shape index (κ2) is 10.1. The van der Waals surface area contributed by atoms with E-state index in [1.165, 1.54) is 40.5 Å². The van der Waals surface area contributed by atoms with Gasteiger partial charge in [-0.15, -0.1) is 10.2 Å². The molecule has 0 atom stereocenters. The van der Waals surface area contributed by atoms with E-state index in [9.17, 15) is 10.1 Å². The molecule has 2 aliphatic rings. The summed E-state index contributed by atoms with van der Waals surface area (Å²) in [6, 6.07) is 13.0. The van der Waals surface area contributed by atoms with Crippen molar-refractivity contribution in [2.45, 2.75) is 44.6 Å². The summed E-state index contributed by atoms with van der Waals surface area (Å²) in [7, 11) is 1.85. The van der Waals surface area contributed by atoms with E-state index < -0.39 is 5.82 Å². The molecule has 1 aromatic carbocycles. The zero-order chi connectivity index (χ0) is 28.1. The summed E-state index contributed by atoms with van der Waals surface area (Å²) < 4.78 is 19.8. The lowest BCUT2D eigenvalue weighted by atomic mass is 9.85. The number of rotatable bonds is 8. The van der Waals surface area contributed by atoms with Gasteiger partial charge in [-0.1, -0.05) is 12.5 Å². The topological polar surface area (TPSA) is 106 Å². The molecule has 4 heterocycles. The van der Waals surface area contributed by atoms with Gasteiger partial charge in [-0.25, -0.2) is 14.2 Å². The number of hydrogen-bond acceptors (Lipinski definition) is 6. The van der Waals surface area contributed by atoms with Gasteiger partial charge in [0.05, 0.1) is 11.6 Å². The van der Waals surface area contributed by atoms with Crippen molar-refractivity contribution in [2.75, 3.05) is 6.54 Å². The van der Waals surface area contributed by atoms with E-state index >= 15 is 4.39 Å². The molecule has 9 nitrogen and oxygen atoms in total. The summed E-state index contributed by atoms with van der Waals surface area (Å²) in [5.74, 6) is 1.60. The maximum Gasteiger partial charge on any atom is 0.338 e. The molecule has 0 bridgehead atoms. The first-order chi connectivity index (χ1) is 20.0. The highest BCUT2D eigenvalue weighted by Crippen LogP contribution is 2.42. The SMILES string of the molecule is Cn1cnnc1-c1cc(C#N)ccc1-c1cc(C2CC2)nc(-n2cc3c(F)cc(CNCC4CCC4)cn3c2=O)c1.[HH]. The number of imidazole rings is 1. The maximum atomic E-state index is 15.2. The van der Waals surface area contributed by atoms with Crippen molar-refractivity contribution < 1.29 is 5.82 Å². The molecule has 0 radical (unpaired) electrons. The van der Waals surface area contributed by atoms with Crippen molar-refractivity contribution in [3.05, 3.63) is 88.2 Å². The van der Waals surface area contributed by atoms with Crippen LogP contribution in [0.5, 0.6) is 0 Å². The third-order valence-electron chi connectivity index (χ3n) is 8.25. The van der Waals surface area contributed by atoms with Gasteiger partial charge >= 0.3 is 5.69 Å². The number of fused-ring (bicyclic) bond motifs is 1. The van der Waals surface area contributed by atoms with E-state index in [1.54, 1.807) is 29.2 Å². The lowest BCUT2D eigenvalue weighted by Gasteiger charge is -2.25. The molecule has 0 spiro atoms. The molecule has 5 aromatic rings. The van der Waals surface area contributed by atoms with E-state index in [0.717, 1.165) is 47.3 Å². The summed E-state index contributed by atoms with van der Waals surface area (Å²) >= 11 is 0. The maximum absolute atomic E-state index is 15.2. The molecule has 10 heteroatoms. The lowest BCUT2D eigenvalue weighted by molar-refractivity contribution is 0.301. The average Bonchev–Trinajstić information content (AvgIpc) is 3.64. The van der Waals surface area contributed by atoms with Crippen LogP contribution in [0.15, 0.2) is 59.9 Å². The van der Waals surface area contributed by atoms with Gasteiger partial charge in [0.25, 0.3) is 0 Å². The second-order valence-corrected chi connectivity index (χ2v) is 11.2. The van der Waals surface area contributed by atoms with Gasteiger partial charge in [0.2, 0.25) is 0 Å². The highest BCUT2D eigenvalue weighted by molar-refractivity contribution is 5.82. The summed E-state index contributed by atoms with van der Waals surface area (Å²) in [5, 5.41) is 21.3. The van der Waals surface area contributed by atoms with Crippen molar-refractivity contribution in [1.29, 1.82) is 5.26 Å². The number of aryl methyl sites for hydroxylation is 1. The van der Waals surface area contributed by atoms with Gasteiger partial charge in [0, 0.05) is 44.6 Å². The Kier molecular flexibility index (Phi) is 6.24. The van der Waals surface area contributed by atoms with Crippen LogP contribution in [0.3, 0.4) is 0 Å². The van der Waals surface area contributed by atoms with Gasteiger partial charge < -0.3 is 9.88 Å². The highest BCUT2D eigenvalue weighted by atomic mass is 19.1. The molecule has 7 rings (SSSR count). The van der Waals surface area contributed by atoms with Crippen LogP contribution in [0.2, 0.25) is 0 Å². The minimum Gasteiger partial charge on any atom is -0.317 e. The highest BCUT2D eigenvalue weighted by Gasteiger charge is 2.27. The van der Waals surface area contributed by atoms with Crippen LogP contribution in [-0.4, -0.2) is 35.3 Å². The monoisotopic (exact) mass is 550 g/mol. The van der Waals surface area contributed by atoms with E-state index in [1.807, 2.05) is 25.2 Å². The van der Waals surface area contributed by atoms with Gasteiger partial charge in [0.15, 0.2) is 5.82 Å². The molecule has 2 saturated carbocycles. The first-order valence-electron chi connectivity index (χ1n) is 14.0. The molecular formula is C31H31FN8O. The number of halogens is 1. The Hall–Kier alpha value is -4.62. The van der Waals surface area contributed by atoms with Crippen LogP contribution in [0.4, 0.5) is 4.39 Å². The molecule has 41 heavy (non-hydrogen) atoms. The third-order valence-corrected chi connectivity index (χ3v) is 8.25. The zero-order valence-electron chi connectivity index (χ0n) is 22.7. The molecule has 208 valence electrons. The Morgan fingerprint density at radius 3 is 2.68 bits per heavy atom. The molecule has 0 aliphatic heterocycles. The Labute approximate surface area is 237 Å². The Morgan fingerprint density at radius 2 is 1.98 bits per heavy atom. The smallest absolute Gasteiger partial charge is 0.317 e. The largest absolute Gasteiger partial charge is 0.338 e. The Balaban J connectivity index is 0.00000316. The molecule has 1 N–H and O–H groups in total. The summed E-state index contributed by atoms with van der Waals surface area (Å²) in [5.41, 5.74) is 4.37. The first-order valence-corrected chi connectivity index (χ1v) is 14.0. The number of nitriles is 1. The molecule has 0 amide bonds. The van der Waals surface area contributed by atoms with Crippen LogP contribution in [0.25, 0.3) is 33.8 Å². The number of hydrogen-bond donors (Lipinski definition) is 1. The average molecular weight is 551 g/mol. The van der Waals surface area contributed by atoms with Crippen molar-refractivity contribution in [1.82, 2.24) is 34.0 Å². The van der Waals surface area contributed by atoms with Crippen LogP contribution < -0.4 is 11.0 Å². The van der Waals surface area contributed by atoms with E-state index in [4.69, 9.17) is 4.98 Å². The van der Waals surface area contributed by atoms with E-state index in [0.29, 0.717) is 35.6 Å². The summed E-state index contributed by atoms with van der Waals surface area (Å²) in [6.45, 7) is 1.41. The lowest BCUT2D eigenvalue weighted by Crippen LogP contribution is -2.27. The quantitative estimate of drug-likeness (QED) is 0.292. The summed E-state index contributed by atoms with van der Waals surface area (Å²) in [4.78, 5) is 18.5. The standard InChI is InChI=1S/C31H29FN8O.H2/c1-38-18-35-37-30(38)25-9-20(13-33)5-8-24(25)23-11-27(22-6-7-22)36-29(12-23)40-17-28-26(32)10-21(16-39(28)31(40)41)15-34-14-19-3-2-4-19;/h5,8-12,16-19,22,34H,2-4,6-7,14-15H2,1H3;1H. The Bertz CT molecular complexity index is 1890. The van der Waals surface area contributed by atoms with Crippen LogP contribution in [-0.2, 0) is 13.6 Å². The fraction of sp³-hybridized carbons (Fsp3) is 0.323. The van der Waals surface area contributed by atoms with Crippen LogP contribution in [0, 0.1) is 23.1 Å². The molecule has 0 unspecified atom stereocenters. The Morgan fingerprint density at radius 1 is 1.12 bits per heavy atom. The molecular weight excluding hydrogens is 519 g/mol. The van der Waals surface area contributed by atoms with Gasteiger partial charge in [-0.3, -0.25) is 8.97 Å².